The predicted octanol–water partition coefficient (Wildman–Crippen LogP) is 3.51. The standard InChI is InChI=1S/C17H25N3/c1-6-9-18-11-15-8-7-12(2)16(10-15)17-13(3)19-20(5)14(17)4/h7-8,10,18H,6,9,11H2,1-5H3. The zero-order valence-electron chi connectivity index (χ0n) is 13.2. The molecule has 1 aromatic heterocycles. The number of hydrogen-bond donors (Lipinski definition) is 1. The highest BCUT2D eigenvalue weighted by Gasteiger charge is 2.13. The van der Waals surface area contributed by atoms with Crippen LogP contribution in [-0.2, 0) is 13.6 Å². The molecule has 108 valence electrons. The molecule has 0 bridgehead atoms. The van der Waals surface area contributed by atoms with Crippen LogP contribution in [0, 0.1) is 20.8 Å². The van der Waals surface area contributed by atoms with Gasteiger partial charge in [0.2, 0.25) is 0 Å². The summed E-state index contributed by atoms with van der Waals surface area (Å²) in [5, 5.41) is 8.00. The van der Waals surface area contributed by atoms with Crippen molar-refractivity contribution in [2.24, 2.45) is 7.05 Å². The second kappa shape index (κ2) is 6.23. The van der Waals surface area contributed by atoms with E-state index in [1.165, 1.54) is 34.4 Å². The van der Waals surface area contributed by atoms with Gasteiger partial charge in [-0.15, -0.1) is 0 Å². The van der Waals surface area contributed by atoms with E-state index in [1.54, 1.807) is 0 Å². The Balaban J connectivity index is 2.37. The fraction of sp³-hybridized carbons (Fsp3) is 0.471. The smallest absolute Gasteiger partial charge is 0.0674 e. The zero-order valence-corrected chi connectivity index (χ0v) is 13.2. The lowest BCUT2D eigenvalue weighted by Crippen LogP contribution is -2.13. The van der Waals surface area contributed by atoms with Crippen LogP contribution in [-0.4, -0.2) is 16.3 Å². The Hall–Kier alpha value is -1.61. The van der Waals surface area contributed by atoms with Crippen LogP contribution in [0.2, 0.25) is 0 Å². The lowest BCUT2D eigenvalue weighted by Gasteiger charge is -2.10. The van der Waals surface area contributed by atoms with Gasteiger partial charge in [-0.05, 0) is 56.5 Å². The third-order valence-electron chi connectivity index (χ3n) is 3.84. The van der Waals surface area contributed by atoms with Crippen molar-refractivity contribution in [1.82, 2.24) is 15.1 Å². The molecule has 20 heavy (non-hydrogen) atoms. The topological polar surface area (TPSA) is 29.9 Å². The van der Waals surface area contributed by atoms with Crippen molar-refractivity contribution < 1.29 is 0 Å². The lowest BCUT2D eigenvalue weighted by molar-refractivity contribution is 0.675. The van der Waals surface area contributed by atoms with E-state index in [2.05, 4.69) is 56.3 Å². The van der Waals surface area contributed by atoms with Gasteiger partial charge in [-0.25, -0.2) is 0 Å². The van der Waals surface area contributed by atoms with Crippen molar-refractivity contribution in [2.75, 3.05) is 6.54 Å². The van der Waals surface area contributed by atoms with Gasteiger partial charge in [0.15, 0.2) is 0 Å². The molecular weight excluding hydrogens is 246 g/mol. The van der Waals surface area contributed by atoms with Crippen LogP contribution in [0.25, 0.3) is 11.1 Å². The number of nitrogens with zero attached hydrogens (tertiary/aromatic N) is 2. The average Bonchev–Trinajstić information content (AvgIpc) is 2.66. The minimum Gasteiger partial charge on any atom is -0.313 e. The van der Waals surface area contributed by atoms with Gasteiger partial charge in [0.05, 0.1) is 5.69 Å². The maximum absolute atomic E-state index is 4.53. The molecule has 0 aliphatic carbocycles. The van der Waals surface area contributed by atoms with Gasteiger partial charge in [-0.3, -0.25) is 4.68 Å². The summed E-state index contributed by atoms with van der Waals surface area (Å²) in [6, 6.07) is 6.72. The van der Waals surface area contributed by atoms with Crippen LogP contribution >= 0.6 is 0 Å². The highest BCUT2D eigenvalue weighted by atomic mass is 15.3. The Labute approximate surface area is 122 Å². The SMILES string of the molecule is CCCNCc1ccc(C)c(-c2c(C)nn(C)c2C)c1. The van der Waals surface area contributed by atoms with Crippen LogP contribution in [0.15, 0.2) is 18.2 Å². The zero-order chi connectivity index (χ0) is 14.7. The maximum Gasteiger partial charge on any atom is 0.0674 e. The fourth-order valence-electron chi connectivity index (χ4n) is 2.62. The first-order valence-corrected chi connectivity index (χ1v) is 7.35. The largest absolute Gasteiger partial charge is 0.313 e. The molecular formula is C17H25N3. The van der Waals surface area contributed by atoms with Gasteiger partial charge in [0.25, 0.3) is 0 Å². The maximum atomic E-state index is 4.53. The van der Waals surface area contributed by atoms with E-state index in [0.717, 1.165) is 18.8 Å². The van der Waals surface area contributed by atoms with Gasteiger partial charge in [0, 0.05) is 24.8 Å². The molecule has 0 radical (unpaired) electrons. The van der Waals surface area contributed by atoms with E-state index in [9.17, 15) is 0 Å². The normalized spacial score (nSPS) is 11.1. The average molecular weight is 271 g/mol. The summed E-state index contributed by atoms with van der Waals surface area (Å²) in [5.74, 6) is 0. The summed E-state index contributed by atoms with van der Waals surface area (Å²) >= 11 is 0. The van der Waals surface area contributed by atoms with Crippen LogP contribution in [0.3, 0.4) is 0 Å². The van der Waals surface area contributed by atoms with Crippen molar-refractivity contribution in [3.8, 4) is 11.1 Å². The molecule has 0 saturated heterocycles. The summed E-state index contributed by atoms with van der Waals surface area (Å²) in [5.41, 5.74) is 7.56. The summed E-state index contributed by atoms with van der Waals surface area (Å²) in [7, 11) is 2.01. The Morgan fingerprint density at radius 2 is 1.95 bits per heavy atom. The Morgan fingerprint density at radius 3 is 2.55 bits per heavy atom. The van der Waals surface area contributed by atoms with Crippen molar-refractivity contribution >= 4 is 0 Å². The fourth-order valence-corrected chi connectivity index (χ4v) is 2.62. The van der Waals surface area contributed by atoms with Crippen LogP contribution in [0.1, 0.15) is 35.9 Å². The Bertz CT molecular complexity index is 597. The van der Waals surface area contributed by atoms with Crippen molar-refractivity contribution in [2.45, 2.75) is 40.7 Å². The van der Waals surface area contributed by atoms with E-state index in [1.807, 2.05) is 11.7 Å². The molecule has 0 saturated carbocycles. The number of rotatable bonds is 5. The van der Waals surface area contributed by atoms with Gasteiger partial charge in [-0.1, -0.05) is 19.1 Å². The molecule has 0 aliphatic heterocycles. The molecule has 1 aromatic carbocycles. The summed E-state index contributed by atoms with van der Waals surface area (Å²) in [4.78, 5) is 0. The van der Waals surface area contributed by atoms with E-state index in [0.29, 0.717) is 0 Å². The van der Waals surface area contributed by atoms with Crippen molar-refractivity contribution in [3.63, 3.8) is 0 Å². The second-order valence-electron chi connectivity index (χ2n) is 5.50. The molecule has 0 spiro atoms. The third kappa shape index (κ3) is 2.93. The molecule has 0 aliphatic rings. The molecule has 0 amide bonds. The Kier molecular flexibility index (Phi) is 4.61. The van der Waals surface area contributed by atoms with E-state index in [-0.39, 0.29) is 0 Å². The van der Waals surface area contributed by atoms with E-state index in [4.69, 9.17) is 0 Å². The molecule has 2 aromatic rings. The number of benzene rings is 1. The van der Waals surface area contributed by atoms with Crippen molar-refractivity contribution in [3.05, 3.63) is 40.7 Å². The lowest BCUT2D eigenvalue weighted by atomic mass is 9.96. The van der Waals surface area contributed by atoms with Crippen LogP contribution in [0.4, 0.5) is 0 Å². The molecule has 0 fully saturated rings. The molecule has 3 nitrogen and oxygen atoms in total. The van der Waals surface area contributed by atoms with Gasteiger partial charge in [-0.2, -0.15) is 5.10 Å². The number of aryl methyl sites for hydroxylation is 3. The number of hydrogen-bond acceptors (Lipinski definition) is 2. The summed E-state index contributed by atoms with van der Waals surface area (Å²) < 4.78 is 1.96. The predicted molar refractivity (Wildman–Crippen MR) is 84.9 cm³/mol. The second-order valence-corrected chi connectivity index (χ2v) is 5.50. The van der Waals surface area contributed by atoms with Crippen molar-refractivity contribution in [1.29, 1.82) is 0 Å². The monoisotopic (exact) mass is 271 g/mol. The summed E-state index contributed by atoms with van der Waals surface area (Å²) in [6.07, 6.45) is 1.17. The molecule has 3 heteroatoms. The molecule has 1 N–H and O–H groups in total. The number of nitrogens with one attached hydrogen (secondary N) is 1. The first kappa shape index (κ1) is 14.8. The molecule has 1 heterocycles. The third-order valence-corrected chi connectivity index (χ3v) is 3.84. The van der Waals surface area contributed by atoms with E-state index < -0.39 is 0 Å². The highest BCUT2D eigenvalue weighted by Crippen LogP contribution is 2.30. The minimum absolute atomic E-state index is 0.930. The quantitative estimate of drug-likeness (QED) is 0.843. The first-order valence-electron chi connectivity index (χ1n) is 7.35. The van der Waals surface area contributed by atoms with Gasteiger partial charge in [0.1, 0.15) is 0 Å². The number of aromatic nitrogens is 2. The highest BCUT2D eigenvalue weighted by molar-refractivity contribution is 5.72. The minimum atomic E-state index is 0.930. The molecule has 2 rings (SSSR count). The van der Waals surface area contributed by atoms with E-state index >= 15 is 0 Å². The Morgan fingerprint density at radius 1 is 1.20 bits per heavy atom. The van der Waals surface area contributed by atoms with Gasteiger partial charge < -0.3 is 5.32 Å². The van der Waals surface area contributed by atoms with Crippen LogP contribution in [0.5, 0.6) is 0 Å². The molecule has 0 atom stereocenters. The summed E-state index contributed by atoms with van der Waals surface area (Å²) in [6.45, 7) is 10.6. The first-order chi connectivity index (χ1) is 9.54. The van der Waals surface area contributed by atoms with Crippen LogP contribution < -0.4 is 5.32 Å². The molecule has 0 unspecified atom stereocenters. The van der Waals surface area contributed by atoms with Gasteiger partial charge >= 0.3 is 0 Å².